The van der Waals surface area contributed by atoms with Crippen LogP contribution in [0.15, 0.2) is 58.9 Å². The summed E-state index contributed by atoms with van der Waals surface area (Å²) in [5.74, 6) is 0. The molecule has 78 valence electrons. The second kappa shape index (κ2) is 3.92. The maximum absolute atomic E-state index is 4.46. The summed E-state index contributed by atoms with van der Waals surface area (Å²) in [5, 5.41) is 0. The molecular formula is C13H10NS2+. The van der Waals surface area contributed by atoms with Crippen LogP contribution < -0.4 is 0 Å². The summed E-state index contributed by atoms with van der Waals surface area (Å²) in [6.07, 6.45) is 0. The lowest BCUT2D eigenvalue weighted by Gasteiger charge is -1.90. The fourth-order valence-corrected chi connectivity index (χ4v) is 3.62. The first-order valence-electron chi connectivity index (χ1n) is 5.00. The third kappa shape index (κ3) is 1.62. The molecule has 0 saturated carbocycles. The number of hydrogen-bond acceptors (Lipinski definition) is 2. The summed E-state index contributed by atoms with van der Waals surface area (Å²) < 4.78 is 1.30. The third-order valence-electron chi connectivity index (χ3n) is 2.47. The van der Waals surface area contributed by atoms with Crippen LogP contribution in [0.1, 0.15) is 0 Å². The first-order valence-corrected chi connectivity index (χ1v) is 6.73. The van der Waals surface area contributed by atoms with E-state index in [1.54, 1.807) is 0 Å². The van der Waals surface area contributed by atoms with Gasteiger partial charge in [-0.1, -0.05) is 18.2 Å². The molecule has 0 amide bonds. The first kappa shape index (κ1) is 9.87. The van der Waals surface area contributed by atoms with E-state index in [2.05, 4.69) is 47.9 Å². The molecule has 0 N–H and O–H groups in total. The van der Waals surface area contributed by atoms with Crippen LogP contribution >= 0.6 is 23.1 Å². The molecule has 1 atom stereocenters. The van der Waals surface area contributed by atoms with Gasteiger partial charge in [0, 0.05) is 21.4 Å². The number of fused-ring (bicyclic) bond motifs is 1. The summed E-state index contributed by atoms with van der Waals surface area (Å²) in [6.45, 7) is 0. The predicted molar refractivity (Wildman–Crippen MR) is 72.8 cm³/mol. The van der Waals surface area contributed by atoms with E-state index in [0.717, 1.165) is 10.4 Å². The van der Waals surface area contributed by atoms with Crippen LogP contribution in [0, 0.1) is 0 Å². The highest BCUT2D eigenvalue weighted by Gasteiger charge is 2.16. The van der Waals surface area contributed by atoms with E-state index in [-0.39, 0.29) is 10.5 Å². The van der Waals surface area contributed by atoms with Gasteiger partial charge >= 0.3 is 0 Å². The van der Waals surface area contributed by atoms with Gasteiger partial charge in [-0.25, -0.2) is 0 Å². The predicted octanol–water partition coefficient (Wildman–Crippen LogP) is 4.26. The Hall–Kier alpha value is -1.32. The van der Waals surface area contributed by atoms with Gasteiger partial charge in [0.2, 0.25) is 10.2 Å². The number of thiazole rings is 1. The summed E-state index contributed by atoms with van der Waals surface area (Å²) in [5.41, 5.74) is 3.09. The van der Waals surface area contributed by atoms with Crippen LogP contribution in [0.2, 0.25) is 0 Å². The first-order chi connectivity index (χ1) is 7.84. The van der Waals surface area contributed by atoms with Crippen LogP contribution in [-0.4, -0.2) is 4.98 Å². The molecule has 0 fully saturated rings. The summed E-state index contributed by atoms with van der Waals surface area (Å²) >= 11 is 4.33. The largest absolute Gasteiger partial charge is 0.236 e. The van der Waals surface area contributed by atoms with Crippen molar-refractivity contribution in [3.8, 4) is 4.90 Å². The molecule has 1 heterocycles. The number of aromatic nitrogens is 1. The molecule has 0 radical (unpaired) electrons. The molecule has 16 heavy (non-hydrogen) atoms. The highest BCUT2D eigenvalue weighted by atomic mass is 32.2. The molecule has 0 aliphatic rings. The van der Waals surface area contributed by atoms with Crippen molar-refractivity contribution in [2.45, 2.75) is 4.90 Å². The number of nitrogens with zero attached hydrogens (tertiary/aromatic N) is 1. The normalized spacial score (nSPS) is 11.9. The van der Waals surface area contributed by atoms with Gasteiger partial charge in [0.05, 0.1) is 0 Å². The molecule has 2 aromatic carbocycles. The van der Waals surface area contributed by atoms with Crippen molar-refractivity contribution in [3.05, 3.63) is 54.0 Å². The standard InChI is InChI=1S/C13H9NS2/c15-10-6-7-13-12(8-10)14-9-16(13)11-4-2-1-3-5-11/h1-9H/p+1. The molecule has 3 rings (SSSR count). The number of hydrogen-bond donors (Lipinski definition) is 1. The van der Waals surface area contributed by atoms with Gasteiger partial charge in [-0.2, -0.15) is 4.98 Å². The van der Waals surface area contributed by atoms with Crippen LogP contribution in [-0.2, 0) is 0 Å². The second-order valence-corrected chi connectivity index (χ2v) is 5.85. The Balaban J connectivity index is 2.26. The van der Waals surface area contributed by atoms with Crippen LogP contribution in [0.25, 0.3) is 15.1 Å². The second-order valence-electron chi connectivity index (χ2n) is 3.54. The Morgan fingerprint density at radius 3 is 2.62 bits per heavy atom. The molecule has 1 nitrogen and oxygen atoms in total. The maximum Gasteiger partial charge on any atom is 0.236 e. The van der Waals surface area contributed by atoms with Gasteiger partial charge < -0.3 is 0 Å². The Labute approximate surface area is 102 Å². The number of thiol groups is 1. The van der Waals surface area contributed by atoms with Crippen molar-refractivity contribution in [3.63, 3.8) is 0 Å². The monoisotopic (exact) mass is 244 g/mol. The zero-order chi connectivity index (χ0) is 11.0. The smallest absolute Gasteiger partial charge is 0.199 e. The van der Waals surface area contributed by atoms with E-state index in [9.17, 15) is 0 Å². The van der Waals surface area contributed by atoms with Gasteiger partial charge in [-0.15, -0.1) is 12.6 Å². The molecule has 0 bridgehead atoms. The lowest BCUT2D eigenvalue weighted by Crippen LogP contribution is -1.69. The Morgan fingerprint density at radius 1 is 1.00 bits per heavy atom. The quantitative estimate of drug-likeness (QED) is 0.498. The highest BCUT2D eigenvalue weighted by molar-refractivity contribution is 7.80. The van der Waals surface area contributed by atoms with Gasteiger partial charge in [0.1, 0.15) is 5.52 Å². The van der Waals surface area contributed by atoms with Crippen molar-refractivity contribution < 1.29 is 0 Å². The average molecular weight is 244 g/mol. The highest BCUT2D eigenvalue weighted by Crippen LogP contribution is 2.38. The molecule has 1 unspecified atom stereocenters. The fraction of sp³-hybridized carbons (Fsp3) is 0. The van der Waals surface area contributed by atoms with Crippen molar-refractivity contribution >= 4 is 33.3 Å². The summed E-state index contributed by atoms with van der Waals surface area (Å²) in [4.78, 5) is 6.74. The lowest BCUT2D eigenvalue weighted by atomic mass is 10.3. The van der Waals surface area contributed by atoms with E-state index in [4.69, 9.17) is 0 Å². The average Bonchev–Trinajstić information content (AvgIpc) is 2.73. The molecule has 0 spiro atoms. The minimum Gasteiger partial charge on any atom is -0.199 e. The zero-order valence-electron chi connectivity index (χ0n) is 8.50. The van der Waals surface area contributed by atoms with Crippen LogP contribution in [0.3, 0.4) is 0 Å². The number of benzene rings is 2. The van der Waals surface area contributed by atoms with Crippen molar-refractivity contribution in [1.29, 1.82) is 0 Å². The molecule has 0 saturated heterocycles. The lowest BCUT2D eigenvalue weighted by molar-refractivity contribution is 1.45. The van der Waals surface area contributed by atoms with Crippen molar-refractivity contribution in [2.24, 2.45) is 0 Å². The fourth-order valence-electron chi connectivity index (χ4n) is 1.71. The zero-order valence-corrected chi connectivity index (χ0v) is 10.2. The summed E-state index contributed by atoms with van der Waals surface area (Å²) in [6, 6.07) is 16.7. The Kier molecular flexibility index (Phi) is 2.42. The Bertz CT molecular complexity index is 629. The molecule has 3 heteroatoms. The topological polar surface area (TPSA) is 12.9 Å². The van der Waals surface area contributed by atoms with Gasteiger partial charge in [-0.05, 0) is 24.3 Å². The summed E-state index contributed by atoms with van der Waals surface area (Å²) in [7, 11) is 0.000494. The van der Waals surface area contributed by atoms with Crippen LogP contribution in [0.4, 0.5) is 0 Å². The molecule has 3 aromatic rings. The van der Waals surface area contributed by atoms with Gasteiger partial charge in [0.25, 0.3) is 0 Å². The maximum atomic E-state index is 4.46. The molecule has 1 aromatic heterocycles. The van der Waals surface area contributed by atoms with E-state index in [1.165, 1.54) is 9.60 Å². The van der Waals surface area contributed by atoms with Crippen molar-refractivity contribution in [2.75, 3.05) is 0 Å². The van der Waals surface area contributed by atoms with E-state index < -0.39 is 0 Å². The van der Waals surface area contributed by atoms with Crippen LogP contribution in [0.5, 0.6) is 0 Å². The SMILES string of the molecule is Sc1ccc2c(c1)nc[s+]2-c1ccccc1. The Morgan fingerprint density at radius 2 is 1.81 bits per heavy atom. The van der Waals surface area contributed by atoms with Gasteiger partial charge in [-0.3, -0.25) is 0 Å². The minimum absolute atomic E-state index is 0.000494. The number of rotatable bonds is 1. The van der Waals surface area contributed by atoms with E-state index in [0.29, 0.717) is 0 Å². The molecule has 0 aliphatic carbocycles. The van der Waals surface area contributed by atoms with Gasteiger partial charge in [0.15, 0.2) is 4.90 Å². The van der Waals surface area contributed by atoms with Crippen molar-refractivity contribution in [1.82, 2.24) is 4.98 Å². The molecular weight excluding hydrogens is 234 g/mol. The minimum atomic E-state index is 0.000494. The molecule has 0 aliphatic heterocycles. The van der Waals surface area contributed by atoms with E-state index in [1.807, 2.05) is 23.7 Å². The van der Waals surface area contributed by atoms with E-state index >= 15 is 0 Å². The third-order valence-corrected chi connectivity index (χ3v) is 4.67.